The topological polar surface area (TPSA) is 88.5 Å². The molecular formula is C28H21F5N2O4S. The molecule has 40 heavy (non-hydrogen) atoms. The van der Waals surface area contributed by atoms with Gasteiger partial charge in [0, 0.05) is 29.0 Å². The normalized spacial score (nSPS) is 12.1. The molecule has 1 aromatic heterocycles. The van der Waals surface area contributed by atoms with Crippen LogP contribution in [0.25, 0.3) is 11.3 Å². The zero-order valence-electron chi connectivity index (χ0n) is 20.5. The molecule has 4 aromatic rings. The molecule has 208 valence electrons. The number of ether oxygens (including phenoxy) is 1. The molecule has 3 aromatic carbocycles. The van der Waals surface area contributed by atoms with Gasteiger partial charge < -0.3 is 15.2 Å². The Labute approximate surface area is 229 Å². The van der Waals surface area contributed by atoms with Crippen molar-refractivity contribution in [3.63, 3.8) is 0 Å². The van der Waals surface area contributed by atoms with Crippen LogP contribution in [0.1, 0.15) is 38.8 Å². The van der Waals surface area contributed by atoms with Gasteiger partial charge in [-0.2, -0.15) is 0 Å². The first-order valence-corrected chi connectivity index (χ1v) is 12.7. The quantitative estimate of drug-likeness (QED) is 0.209. The zero-order valence-corrected chi connectivity index (χ0v) is 21.4. The summed E-state index contributed by atoms with van der Waals surface area (Å²) in [7, 11) is 0. The highest BCUT2D eigenvalue weighted by molar-refractivity contribution is 7.10. The number of carboxylic acid groups (broad SMARTS) is 1. The summed E-state index contributed by atoms with van der Waals surface area (Å²) in [5.41, 5.74) is 2.53. The van der Waals surface area contributed by atoms with Crippen molar-refractivity contribution in [3.05, 3.63) is 105 Å². The van der Waals surface area contributed by atoms with Gasteiger partial charge in [0.2, 0.25) is 0 Å². The SMILES string of the molecule is O=C(O)CCNC(=O)c1ccc(CC(c2ccc(OC(F)(F)F)cc2)c2nc(-c3ccc(F)c(F)c3)cs2)cc1. The fourth-order valence-electron chi connectivity index (χ4n) is 3.90. The highest BCUT2D eigenvalue weighted by Crippen LogP contribution is 2.35. The molecule has 12 heteroatoms. The lowest BCUT2D eigenvalue weighted by molar-refractivity contribution is -0.274. The van der Waals surface area contributed by atoms with E-state index in [1.54, 1.807) is 29.6 Å². The number of thiazole rings is 1. The number of nitrogens with zero attached hydrogens (tertiary/aromatic N) is 1. The van der Waals surface area contributed by atoms with Crippen LogP contribution in [0.5, 0.6) is 5.75 Å². The molecule has 0 saturated heterocycles. The number of nitrogens with one attached hydrogen (secondary N) is 1. The molecule has 0 aliphatic heterocycles. The third-order valence-electron chi connectivity index (χ3n) is 5.83. The number of rotatable bonds is 10. The minimum atomic E-state index is -4.84. The standard InChI is InChI=1S/C28H21F5N2O4S/c29-22-10-7-19(14-23(22)30)24-15-40-27(35-24)21(17-5-8-20(9-6-17)39-28(31,32)33)13-16-1-3-18(4-2-16)26(38)34-12-11-25(36)37/h1-10,14-15,21H,11-13H2,(H,34,38)(H,36,37). The summed E-state index contributed by atoms with van der Waals surface area (Å²) in [6.07, 6.45) is -4.69. The molecule has 1 amide bonds. The van der Waals surface area contributed by atoms with E-state index in [9.17, 15) is 31.5 Å². The summed E-state index contributed by atoms with van der Waals surface area (Å²) in [6.45, 7) is -0.0175. The number of hydrogen-bond acceptors (Lipinski definition) is 5. The summed E-state index contributed by atoms with van der Waals surface area (Å²) >= 11 is 1.26. The van der Waals surface area contributed by atoms with Crippen LogP contribution in [0.2, 0.25) is 0 Å². The van der Waals surface area contributed by atoms with Crippen molar-refractivity contribution in [2.45, 2.75) is 25.1 Å². The Hall–Kier alpha value is -4.32. The molecule has 2 N–H and O–H groups in total. The van der Waals surface area contributed by atoms with Crippen LogP contribution in [0.3, 0.4) is 0 Å². The van der Waals surface area contributed by atoms with Crippen LogP contribution in [0.4, 0.5) is 22.0 Å². The molecule has 1 atom stereocenters. The summed E-state index contributed by atoms with van der Waals surface area (Å²) in [5.74, 6) is -4.28. The van der Waals surface area contributed by atoms with Crippen molar-refractivity contribution in [2.24, 2.45) is 0 Å². The number of halogens is 5. The highest BCUT2D eigenvalue weighted by Gasteiger charge is 2.31. The molecular weight excluding hydrogens is 555 g/mol. The van der Waals surface area contributed by atoms with Crippen molar-refractivity contribution < 1.29 is 41.4 Å². The lowest BCUT2D eigenvalue weighted by Crippen LogP contribution is -2.25. The Bertz CT molecular complexity index is 1490. The molecule has 0 aliphatic carbocycles. The minimum Gasteiger partial charge on any atom is -0.481 e. The molecule has 0 radical (unpaired) electrons. The molecule has 0 aliphatic rings. The smallest absolute Gasteiger partial charge is 0.481 e. The van der Waals surface area contributed by atoms with Gasteiger partial charge >= 0.3 is 12.3 Å². The molecule has 0 fully saturated rings. The number of aliphatic carboxylic acids is 1. The van der Waals surface area contributed by atoms with Gasteiger partial charge in [0.1, 0.15) is 10.8 Å². The van der Waals surface area contributed by atoms with E-state index >= 15 is 0 Å². The number of benzene rings is 3. The monoisotopic (exact) mass is 576 g/mol. The van der Waals surface area contributed by atoms with Gasteiger partial charge in [0.05, 0.1) is 12.1 Å². The maximum absolute atomic E-state index is 13.8. The fourth-order valence-corrected chi connectivity index (χ4v) is 4.85. The number of amides is 1. The van der Waals surface area contributed by atoms with Gasteiger partial charge in [-0.05, 0) is 60.0 Å². The maximum Gasteiger partial charge on any atom is 0.573 e. The Kier molecular flexibility index (Phi) is 8.78. The minimum absolute atomic E-state index is 0.0175. The number of hydrogen-bond donors (Lipinski definition) is 2. The lowest BCUT2D eigenvalue weighted by Gasteiger charge is -2.17. The van der Waals surface area contributed by atoms with Gasteiger partial charge in [-0.25, -0.2) is 13.8 Å². The second kappa shape index (κ2) is 12.2. The number of aromatic nitrogens is 1. The van der Waals surface area contributed by atoms with E-state index in [2.05, 4.69) is 15.0 Å². The van der Waals surface area contributed by atoms with Crippen LogP contribution in [0, 0.1) is 11.6 Å². The predicted molar refractivity (Wildman–Crippen MR) is 137 cm³/mol. The predicted octanol–water partition coefficient (Wildman–Crippen LogP) is 6.57. The molecule has 4 rings (SSSR count). The molecule has 0 bridgehead atoms. The Balaban J connectivity index is 1.60. The van der Waals surface area contributed by atoms with E-state index in [0.717, 1.165) is 17.7 Å². The van der Waals surface area contributed by atoms with Crippen LogP contribution >= 0.6 is 11.3 Å². The Morgan fingerprint density at radius 2 is 1.68 bits per heavy atom. The number of carbonyl (C=O) groups excluding carboxylic acids is 1. The first kappa shape index (κ1) is 28.7. The summed E-state index contributed by atoms with van der Waals surface area (Å²) in [5, 5.41) is 13.5. The van der Waals surface area contributed by atoms with Crippen LogP contribution in [-0.2, 0) is 11.2 Å². The summed E-state index contributed by atoms with van der Waals surface area (Å²) < 4.78 is 69.0. The molecule has 6 nitrogen and oxygen atoms in total. The van der Waals surface area contributed by atoms with E-state index in [1.807, 2.05) is 0 Å². The first-order chi connectivity index (χ1) is 19.0. The van der Waals surface area contributed by atoms with Crippen molar-refractivity contribution in [1.29, 1.82) is 0 Å². The third kappa shape index (κ3) is 7.63. The zero-order chi connectivity index (χ0) is 28.9. The number of carboxylic acids is 1. The number of alkyl halides is 3. The van der Waals surface area contributed by atoms with Gasteiger partial charge in [-0.1, -0.05) is 24.3 Å². The molecule has 1 heterocycles. The van der Waals surface area contributed by atoms with E-state index in [4.69, 9.17) is 5.11 Å². The first-order valence-electron chi connectivity index (χ1n) is 11.8. The van der Waals surface area contributed by atoms with Crippen molar-refractivity contribution in [3.8, 4) is 17.0 Å². The maximum atomic E-state index is 13.8. The van der Waals surface area contributed by atoms with E-state index in [-0.39, 0.29) is 18.7 Å². The fraction of sp³-hybridized carbons (Fsp3) is 0.179. The Morgan fingerprint density at radius 3 is 2.30 bits per heavy atom. The van der Waals surface area contributed by atoms with E-state index < -0.39 is 35.8 Å². The molecule has 0 spiro atoms. The molecule has 0 saturated carbocycles. The van der Waals surface area contributed by atoms with Crippen molar-refractivity contribution in [2.75, 3.05) is 6.54 Å². The van der Waals surface area contributed by atoms with Crippen molar-refractivity contribution >= 4 is 23.2 Å². The third-order valence-corrected chi connectivity index (χ3v) is 6.79. The number of carbonyl (C=O) groups is 2. The second-order valence-electron chi connectivity index (χ2n) is 8.67. The van der Waals surface area contributed by atoms with Crippen molar-refractivity contribution in [1.82, 2.24) is 10.3 Å². The highest BCUT2D eigenvalue weighted by atomic mass is 32.1. The van der Waals surface area contributed by atoms with Gasteiger partial charge in [0.25, 0.3) is 5.91 Å². The van der Waals surface area contributed by atoms with Crippen LogP contribution in [-0.4, -0.2) is 34.9 Å². The largest absolute Gasteiger partial charge is 0.573 e. The average molecular weight is 577 g/mol. The van der Waals surface area contributed by atoms with E-state index in [0.29, 0.717) is 33.8 Å². The second-order valence-corrected chi connectivity index (χ2v) is 9.56. The molecule has 1 unspecified atom stereocenters. The Morgan fingerprint density at radius 1 is 0.975 bits per heavy atom. The van der Waals surface area contributed by atoms with Gasteiger partial charge in [-0.3, -0.25) is 9.59 Å². The summed E-state index contributed by atoms with van der Waals surface area (Å²) in [4.78, 5) is 27.5. The van der Waals surface area contributed by atoms with E-state index in [1.165, 1.54) is 41.7 Å². The van der Waals surface area contributed by atoms with Crippen LogP contribution < -0.4 is 10.1 Å². The average Bonchev–Trinajstić information content (AvgIpc) is 3.39. The van der Waals surface area contributed by atoms with Crippen LogP contribution in [0.15, 0.2) is 72.1 Å². The van der Waals surface area contributed by atoms with Gasteiger partial charge in [0.15, 0.2) is 11.6 Å². The van der Waals surface area contributed by atoms with Gasteiger partial charge in [-0.15, -0.1) is 24.5 Å². The summed E-state index contributed by atoms with van der Waals surface area (Å²) in [6, 6.07) is 15.4. The lowest BCUT2D eigenvalue weighted by atomic mass is 9.92.